The Morgan fingerprint density at radius 2 is 1.96 bits per heavy atom. The first kappa shape index (κ1) is 18.1. The molecule has 0 aliphatic carbocycles. The number of hydrogen-bond acceptors (Lipinski definition) is 7. The molecule has 0 spiro atoms. The van der Waals surface area contributed by atoms with E-state index in [0.29, 0.717) is 10.6 Å². The van der Waals surface area contributed by atoms with E-state index in [9.17, 15) is 14.9 Å². The normalized spacial score (nSPS) is 10.6. The smallest absolute Gasteiger partial charge is 0.286 e. The number of aromatic nitrogens is 1. The fraction of sp³-hybridized carbons (Fsp3) is 0.125. The number of para-hydroxylation sites is 1. The Hall–Kier alpha value is -2.72. The molecule has 1 N–H and O–H groups in total. The first-order chi connectivity index (χ1) is 12.4. The van der Waals surface area contributed by atoms with Gasteiger partial charge in [0.05, 0.1) is 35.4 Å². The summed E-state index contributed by atoms with van der Waals surface area (Å²) in [4.78, 5) is 27.6. The van der Waals surface area contributed by atoms with E-state index in [-0.39, 0.29) is 22.7 Å². The number of nitrogens with zero attached hydrogens (tertiary/aromatic N) is 2. The number of halogens is 1. The van der Waals surface area contributed by atoms with Gasteiger partial charge in [-0.2, -0.15) is 0 Å². The van der Waals surface area contributed by atoms with Crippen molar-refractivity contribution in [1.29, 1.82) is 0 Å². The number of fused-ring (bicyclic) bond motifs is 1. The molecule has 2 aromatic carbocycles. The SMILES string of the molecule is COc1cc(C(=O)Nc2nc3c(Br)cccc3s2)c([N+](=O)[O-])cc1OC. The minimum Gasteiger partial charge on any atom is -0.493 e. The molecule has 10 heteroatoms. The van der Waals surface area contributed by atoms with Gasteiger partial charge in [0.25, 0.3) is 11.6 Å². The zero-order valence-corrected chi connectivity index (χ0v) is 16.0. The summed E-state index contributed by atoms with van der Waals surface area (Å²) < 4.78 is 11.9. The zero-order valence-electron chi connectivity index (χ0n) is 13.6. The molecule has 0 radical (unpaired) electrons. The van der Waals surface area contributed by atoms with Gasteiger partial charge in [-0.15, -0.1) is 0 Å². The van der Waals surface area contributed by atoms with Crippen LogP contribution in [0.3, 0.4) is 0 Å². The van der Waals surface area contributed by atoms with E-state index in [0.717, 1.165) is 15.2 Å². The molecular formula is C16H12BrN3O5S. The molecule has 134 valence electrons. The Labute approximate surface area is 160 Å². The monoisotopic (exact) mass is 437 g/mol. The predicted octanol–water partition coefficient (Wildman–Crippen LogP) is 4.24. The van der Waals surface area contributed by atoms with E-state index < -0.39 is 10.8 Å². The molecule has 1 heterocycles. The summed E-state index contributed by atoms with van der Waals surface area (Å²) in [7, 11) is 2.75. The van der Waals surface area contributed by atoms with Crippen LogP contribution in [0.2, 0.25) is 0 Å². The lowest BCUT2D eigenvalue weighted by Crippen LogP contribution is -2.14. The van der Waals surface area contributed by atoms with Crippen molar-refractivity contribution >= 4 is 54.2 Å². The number of nitro benzene ring substituents is 1. The Morgan fingerprint density at radius 3 is 2.58 bits per heavy atom. The number of nitrogens with one attached hydrogen (secondary N) is 1. The maximum absolute atomic E-state index is 12.6. The fourth-order valence-electron chi connectivity index (χ4n) is 2.33. The van der Waals surface area contributed by atoms with Gasteiger partial charge in [-0.05, 0) is 28.1 Å². The third kappa shape index (κ3) is 3.33. The summed E-state index contributed by atoms with van der Waals surface area (Å²) in [6.45, 7) is 0. The number of anilines is 1. The summed E-state index contributed by atoms with van der Waals surface area (Å²) in [5.41, 5.74) is 0.169. The summed E-state index contributed by atoms with van der Waals surface area (Å²) >= 11 is 4.67. The van der Waals surface area contributed by atoms with Crippen LogP contribution < -0.4 is 14.8 Å². The number of amides is 1. The average Bonchev–Trinajstić information content (AvgIpc) is 3.04. The van der Waals surface area contributed by atoms with Gasteiger partial charge >= 0.3 is 0 Å². The van der Waals surface area contributed by atoms with Crippen molar-refractivity contribution in [3.05, 3.63) is 50.5 Å². The standard InChI is InChI=1S/C16H12BrN3O5S/c1-24-11-6-8(10(20(22)23)7-12(11)25-2)15(21)19-16-18-14-9(17)4-3-5-13(14)26-16/h3-7H,1-2H3,(H,18,19,21). The van der Waals surface area contributed by atoms with E-state index in [4.69, 9.17) is 9.47 Å². The molecule has 0 saturated heterocycles. The molecule has 8 nitrogen and oxygen atoms in total. The van der Waals surface area contributed by atoms with E-state index in [1.807, 2.05) is 18.2 Å². The number of benzene rings is 2. The van der Waals surface area contributed by atoms with Gasteiger partial charge in [-0.1, -0.05) is 17.4 Å². The maximum atomic E-state index is 12.6. The van der Waals surface area contributed by atoms with Gasteiger partial charge in [0.2, 0.25) is 0 Å². The molecule has 0 aliphatic rings. The largest absolute Gasteiger partial charge is 0.493 e. The van der Waals surface area contributed by atoms with Gasteiger partial charge in [-0.3, -0.25) is 20.2 Å². The molecule has 1 aromatic heterocycles. The van der Waals surface area contributed by atoms with Crippen molar-refractivity contribution in [2.75, 3.05) is 19.5 Å². The van der Waals surface area contributed by atoms with E-state index in [1.165, 1.54) is 31.6 Å². The summed E-state index contributed by atoms with van der Waals surface area (Å²) in [5.74, 6) is -0.275. The third-order valence-electron chi connectivity index (χ3n) is 3.53. The average molecular weight is 438 g/mol. The highest BCUT2D eigenvalue weighted by atomic mass is 79.9. The second-order valence-electron chi connectivity index (χ2n) is 5.04. The third-order valence-corrected chi connectivity index (χ3v) is 5.11. The van der Waals surface area contributed by atoms with Crippen LogP contribution in [0.5, 0.6) is 11.5 Å². The molecule has 0 bridgehead atoms. The molecule has 0 atom stereocenters. The Morgan fingerprint density at radius 1 is 1.27 bits per heavy atom. The first-order valence-corrected chi connectivity index (χ1v) is 8.82. The van der Waals surface area contributed by atoms with Crippen molar-refractivity contribution < 1.29 is 19.2 Å². The van der Waals surface area contributed by atoms with E-state index >= 15 is 0 Å². The molecule has 0 saturated carbocycles. The van der Waals surface area contributed by atoms with Crippen molar-refractivity contribution in [3.63, 3.8) is 0 Å². The predicted molar refractivity (Wildman–Crippen MR) is 101 cm³/mol. The molecule has 3 aromatic rings. The van der Waals surface area contributed by atoms with E-state index in [1.54, 1.807) is 0 Å². The highest BCUT2D eigenvalue weighted by Crippen LogP contribution is 2.36. The van der Waals surface area contributed by atoms with Crippen LogP contribution in [-0.4, -0.2) is 30.0 Å². The number of nitro groups is 1. The van der Waals surface area contributed by atoms with Crippen LogP contribution in [0.1, 0.15) is 10.4 Å². The lowest BCUT2D eigenvalue weighted by molar-refractivity contribution is -0.385. The summed E-state index contributed by atoms with van der Waals surface area (Å²) in [5, 5.41) is 14.3. The maximum Gasteiger partial charge on any atom is 0.286 e. The van der Waals surface area contributed by atoms with Crippen molar-refractivity contribution in [2.45, 2.75) is 0 Å². The van der Waals surface area contributed by atoms with Crippen LogP contribution in [0, 0.1) is 10.1 Å². The number of rotatable bonds is 5. The second kappa shape index (κ2) is 7.26. The highest BCUT2D eigenvalue weighted by Gasteiger charge is 2.25. The molecule has 1 amide bonds. The number of carbonyl (C=O) groups excluding carboxylic acids is 1. The van der Waals surface area contributed by atoms with Crippen LogP contribution in [0.15, 0.2) is 34.8 Å². The highest BCUT2D eigenvalue weighted by molar-refractivity contribution is 9.10. The summed E-state index contributed by atoms with van der Waals surface area (Å²) in [6, 6.07) is 7.99. The van der Waals surface area contributed by atoms with E-state index in [2.05, 4.69) is 26.2 Å². The quantitative estimate of drug-likeness (QED) is 0.472. The number of methoxy groups -OCH3 is 2. The van der Waals surface area contributed by atoms with Gasteiger partial charge in [0.1, 0.15) is 5.56 Å². The Bertz CT molecular complexity index is 1020. The Balaban J connectivity index is 2.00. The molecule has 26 heavy (non-hydrogen) atoms. The minimum atomic E-state index is -0.659. The van der Waals surface area contributed by atoms with Crippen LogP contribution in [-0.2, 0) is 0 Å². The number of thiazole rings is 1. The second-order valence-corrected chi connectivity index (χ2v) is 6.93. The van der Waals surface area contributed by atoms with Gasteiger partial charge in [0, 0.05) is 10.5 Å². The number of carbonyl (C=O) groups is 1. The van der Waals surface area contributed by atoms with Crippen LogP contribution in [0.25, 0.3) is 10.2 Å². The van der Waals surface area contributed by atoms with Crippen LogP contribution in [0.4, 0.5) is 10.8 Å². The van der Waals surface area contributed by atoms with Gasteiger partial charge < -0.3 is 9.47 Å². The molecule has 0 unspecified atom stereocenters. The fourth-order valence-corrected chi connectivity index (χ4v) is 3.81. The van der Waals surface area contributed by atoms with Crippen LogP contribution >= 0.6 is 27.3 Å². The van der Waals surface area contributed by atoms with Crippen molar-refractivity contribution in [3.8, 4) is 11.5 Å². The molecular weight excluding hydrogens is 426 g/mol. The van der Waals surface area contributed by atoms with Gasteiger partial charge in [-0.25, -0.2) is 4.98 Å². The van der Waals surface area contributed by atoms with Gasteiger partial charge in [0.15, 0.2) is 16.6 Å². The Kier molecular flexibility index (Phi) is 5.05. The zero-order chi connectivity index (χ0) is 18.8. The van der Waals surface area contributed by atoms with Crippen molar-refractivity contribution in [2.24, 2.45) is 0 Å². The molecule has 3 rings (SSSR count). The first-order valence-electron chi connectivity index (χ1n) is 7.21. The topological polar surface area (TPSA) is 104 Å². The minimum absolute atomic E-state index is 0.147. The number of ether oxygens (including phenoxy) is 2. The summed E-state index contributed by atoms with van der Waals surface area (Å²) in [6.07, 6.45) is 0. The number of hydrogen-bond donors (Lipinski definition) is 1. The lowest BCUT2D eigenvalue weighted by atomic mass is 10.1. The molecule has 0 fully saturated rings. The molecule has 0 aliphatic heterocycles. The lowest BCUT2D eigenvalue weighted by Gasteiger charge is -2.10. The van der Waals surface area contributed by atoms with Crippen molar-refractivity contribution in [1.82, 2.24) is 4.98 Å².